The van der Waals surface area contributed by atoms with Gasteiger partial charge in [-0.3, -0.25) is 4.90 Å². The lowest BCUT2D eigenvalue weighted by Crippen LogP contribution is -2.43. The number of likely N-dealkylation sites (tertiary alicyclic amines) is 1. The van der Waals surface area contributed by atoms with Crippen LogP contribution in [0.4, 0.5) is 4.39 Å². The van der Waals surface area contributed by atoms with E-state index in [0.717, 1.165) is 25.3 Å². The number of hydrogen-bond acceptors (Lipinski definition) is 3. The van der Waals surface area contributed by atoms with Crippen LogP contribution in [-0.2, 0) is 6.42 Å². The third kappa shape index (κ3) is 4.71. The van der Waals surface area contributed by atoms with Crippen molar-refractivity contribution in [3.8, 4) is 11.5 Å². The molecular formula is C20H24FNO2. The fraction of sp³-hybridized carbons (Fsp3) is 0.400. The van der Waals surface area contributed by atoms with E-state index >= 15 is 0 Å². The van der Waals surface area contributed by atoms with Crippen LogP contribution in [-0.4, -0.2) is 35.7 Å². The number of phenolic OH excluding ortho intramolecular Hbond substituents is 1. The summed E-state index contributed by atoms with van der Waals surface area (Å²) in [6.07, 6.45) is 4.61. The first-order chi connectivity index (χ1) is 11.7. The summed E-state index contributed by atoms with van der Waals surface area (Å²) in [5, 5.41) is 9.29. The molecule has 1 fully saturated rings. The van der Waals surface area contributed by atoms with Crippen molar-refractivity contribution in [2.45, 2.75) is 31.7 Å². The molecule has 4 heteroatoms. The Balaban J connectivity index is 1.52. The zero-order chi connectivity index (χ0) is 16.8. The van der Waals surface area contributed by atoms with Gasteiger partial charge in [-0.05, 0) is 67.8 Å². The Morgan fingerprint density at radius 1 is 1.04 bits per heavy atom. The SMILES string of the molecule is Oc1ccc(OCCN2CCCCC2Cc2ccc(F)cc2)cc1. The van der Waals surface area contributed by atoms with Gasteiger partial charge in [0.2, 0.25) is 0 Å². The number of halogens is 1. The lowest BCUT2D eigenvalue weighted by Gasteiger charge is -2.35. The number of aromatic hydroxyl groups is 1. The number of hydrogen-bond donors (Lipinski definition) is 1. The van der Waals surface area contributed by atoms with Gasteiger partial charge in [-0.15, -0.1) is 0 Å². The monoisotopic (exact) mass is 329 g/mol. The maximum Gasteiger partial charge on any atom is 0.123 e. The summed E-state index contributed by atoms with van der Waals surface area (Å²) in [5.74, 6) is 0.846. The molecule has 3 nitrogen and oxygen atoms in total. The maximum absolute atomic E-state index is 13.1. The van der Waals surface area contributed by atoms with Gasteiger partial charge in [0.1, 0.15) is 23.9 Å². The van der Waals surface area contributed by atoms with Gasteiger partial charge in [-0.1, -0.05) is 18.6 Å². The molecule has 1 atom stereocenters. The number of ether oxygens (including phenoxy) is 1. The highest BCUT2D eigenvalue weighted by atomic mass is 19.1. The lowest BCUT2D eigenvalue weighted by molar-refractivity contribution is 0.122. The van der Waals surface area contributed by atoms with Crippen LogP contribution >= 0.6 is 0 Å². The predicted molar refractivity (Wildman–Crippen MR) is 92.9 cm³/mol. The molecule has 1 N–H and O–H groups in total. The molecule has 1 saturated heterocycles. The van der Waals surface area contributed by atoms with Crippen molar-refractivity contribution in [2.24, 2.45) is 0 Å². The number of benzene rings is 2. The fourth-order valence-electron chi connectivity index (χ4n) is 3.30. The second kappa shape index (κ2) is 8.15. The molecule has 1 aliphatic heterocycles. The average Bonchev–Trinajstić information content (AvgIpc) is 2.60. The van der Waals surface area contributed by atoms with Crippen molar-refractivity contribution >= 4 is 0 Å². The van der Waals surface area contributed by atoms with Crippen LogP contribution in [0, 0.1) is 5.82 Å². The molecule has 0 saturated carbocycles. The summed E-state index contributed by atoms with van der Waals surface area (Å²) in [4.78, 5) is 2.48. The van der Waals surface area contributed by atoms with E-state index in [1.807, 2.05) is 12.1 Å². The first kappa shape index (κ1) is 16.8. The minimum atomic E-state index is -0.179. The number of piperidine rings is 1. The number of phenols is 1. The van der Waals surface area contributed by atoms with Gasteiger partial charge in [-0.25, -0.2) is 4.39 Å². The second-order valence-corrected chi connectivity index (χ2v) is 6.36. The Hall–Kier alpha value is -2.07. The first-order valence-corrected chi connectivity index (χ1v) is 8.61. The van der Waals surface area contributed by atoms with E-state index in [9.17, 15) is 9.50 Å². The topological polar surface area (TPSA) is 32.7 Å². The number of nitrogens with zero attached hydrogens (tertiary/aromatic N) is 1. The largest absolute Gasteiger partial charge is 0.508 e. The minimum Gasteiger partial charge on any atom is -0.508 e. The van der Waals surface area contributed by atoms with Crippen LogP contribution in [0.25, 0.3) is 0 Å². The van der Waals surface area contributed by atoms with E-state index in [2.05, 4.69) is 4.90 Å². The van der Waals surface area contributed by atoms with Gasteiger partial charge in [0.15, 0.2) is 0 Å². The van der Waals surface area contributed by atoms with E-state index in [4.69, 9.17) is 4.74 Å². The molecule has 0 radical (unpaired) electrons. The summed E-state index contributed by atoms with van der Waals surface area (Å²) in [7, 11) is 0. The molecule has 1 unspecified atom stereocenters. The highest BCUT2D eigenvalue weighted by molar-refractivity contribution is 5.30. The molecule has 0 aliphatic carbocycles. The highest BCUT2D eigenvalue weighted by Gasteiger charge is 2.22. The Bertz CT molecular complexity index is 627. The van der Waals surface area contributed by atoms with Crippen LogP contribution in [0.3, 0.4) is 0 Å². The van der Waals surface area contributed by atoms with Gasteiger partial charge in [-0.2, -0.15) is 0 Å². The summed E-state index contributed by atoms with van der Waals surface area (Å²) < 4.78 is 18.8. The van der Waals surface area contributed by atoms with E-state index in [-0.39, 0.29) is 11.6 Å². The average molecular weight is 329 g/mol. The molecule has 2 aromatic carbocycles. The molecule has 128 valence electrons. The quantitative estimate of drug-likeness (QED) is 0.869. The van der Waals surface area contributed by atoms with Crippen LogP contribution in [0.5, 0.6) is 11.5 Å². The zero-order valence-electron chi connectivity index (χ0n) is 13.8. The molecule has 24 heavy (non-hydrogen) atoms. The van der Waals surface area contributed by atoms with Crippen LogP contribution in [0.15, 0.2) is 48.5 Å². The Morgan fingerprint density at radius 2 is 1.79 bits per heavy atom. The Labute approximate surface area is 142 Å². The van der Waals surface area contributed by atoms with Crippen LogP contribution in [0.1, 0.15) is 24.8 Å². The molecule has 0 bridgehead atoms. The molecule has 0 amide bonds. The van der Waals surface area contributed by atoms with Crippen LogP contribution in [0.2, 0.25) is 0 Å². The van der Waals surface area contributed by atoms with E-state index in [1.54, 1.807) is 24.3 Å². The fourth-order valence-corrected chi connectivity index (χ4v) is 3.30. The smallest absolute Gasteiger partial charge is 0.123 e. The molecular weight excluding hydrogens is 305 g/mol. The summed E-state index contributed by atoms with van der Waals surface area (Å²) in [6, 6.07) is 14.2. The standard InChI is InChI=1S/C20H24FNO2/c21-17-6-4-16(5-7-17)15-18-3-1-2-12-22(18)13-14-24-20-10-8-19(23)9-11-20/h4-11,18,23H,1-3,12-15H2. The van der Waals surface area contributed by atoms with Crippen molar-refractivity contribution in [2.75, 3.05) is 19.7 Å². The van der Waals surface area contributed by atoms with E-state index < -0.39 is 0 Å². The molecule has 0 spiro atoms. The zero-order valence-corrected chi connectivity index (χ0v) is 13.8. The highest BCUT2D eigenvalue weighted by Crippen LogP contribution is 2.21. The summed E-state index contributed by atoms with van der Waals surface area (Å²) in [6.45, 7) is 2.60. The minimum absolute atomic E-state index is 0.179. The predicted octanol–water partition coefficient (Wildman–Crippen LogP) is 4.01. The molecule has 3 rings (SSSR count). The van der Waals surface area contributed by atoms with Crippen molar-refractivity contribution in [3.05, 3.63) is 59.9 Å². The Kier molecular flexibility index (Phi) is 5.70. The van der Waals surface area contributed by atoms with Gasteiger partial charge < -0.3 is 9.84 Å². The van der Waals surface area contributed by atoms with Gasteiger partial charge in [0.05, 0.1) is 0 Å². The van der Waals surface area contributed by atoms with Gasteiger partial charge in [0, 0.05) is 12.6 Å². The van der Waals surface area contributed by atoms with Crippen molar-refractivity contribution < 1.29 is 14.2 Å². The molecule has 1 aliphatic rings. The van der Waals surface area contributed by atoms with Crippen LogP contribution < -0.4 is 4.74 Å². The third-order valence-electron chi connectivity index (χ3n) is 4.62. The van der Waals surface area contributed by atoms with E-state index in [1.165, 1.54) is 37.0 Å². The maximum atomic E-state index is 13.1. The van der Waals surface area contributed by atoms with Gasteiger partial charge in [0.25, 0.3) is 0 Å². The molecule has 2 aromatic rings. The van der Waals surface area contributed by atoms with Crippen molar-refractivity contribution in [1.29, 1.82) is 0 Å². The first-order valence-electron chi connectivity index (χ1n) is 8.61. The third-order valence-corrected chi connectivity index (χ3v) is 4.62. The second-order valence-electron chi connectivity index (χ2n) is 6.36. The molecule has 0 aromatic heterocycles. The lowest BCUT2D eigenvalue weighted by atomic mass is 9.95. The van der Waals surface area contributed by atoms with Crippen molar-refractivity contribution in [3.63, 3.8) is 0 Å². The van der Waals surface area contributed by atoms with Crippen molar-refractivity contribution in [1.82, 2.24) is 4.90 Å². The van der Waals surface area contributed by atoms with Gasteiger partial charge >= 0.3 is 0 Å². The molecule has 1 heterocycles. The Morgan fingerprint density at radius 3 is 2.54 bits per heavy atom. The van der Waals surface area contributed by atoms with E-state index in [0.29, 0.717) is 12.6 Å². The summed E-state index contributed by atoms with van der Waals surface area (Å²) >= 11 is 0. The summed E-state index contributed by atoms with van der Waals surface area (Å²) in [5.41, 5.74) is 1.19. The number of rotatable bonds is 6. The normalized spacial score (nSPS) is 18.5.